The molecule has 4 heteroatoms. The minimum absolute atomic E-state index is 0. The first-order valence-corrected chi connectivity index (χ1v) is 5.23. The Morgan fingerprint density at radius 2 is 1.21 bits per heavy atom. The van der Waals surface area contributed by atoms with Crippen molar-refractivity contribution in [1.29, 1.82) is 0 Å². The van der Waals surface area contributed by atoms with Crippen molar-refractivity contribution in [3.05, 3.63) is 20.0 Å². The van der Waals surface area contributed by atoms with Gasteiger partial charge in [-0.2, -0.15) is 0 Å². The Kier molecular flexibility index (Phi) is 8.29. The molecular weight excluding hydrogens is 268 g/mol. The number of rotatable bonds is 0. The van der Waals surface area contributed by atoms with Gasteiger partial charge in [-0.25, -0.2) is 0 Å². The van der Waals surface area contributed by atoms with E-state index < -0.39 is 0 Å². The molecule has 0 unspecified atom stereocenters. The van der Waals surface area contributed by atoms with E-state index in [0.717, 1.165) is 0 Å². The fraction of sp³-hybridized carbons (Fsp3) is 0.600. The number of hydrogen-bond donors (Lipinski definition) is 0. The SMILES string of the molecule is CC1=C(C)C(C)(C)[C]([Zr])=C1C.F.F.F. The molecule has 0 atom stereocenters. The fourth-order valence-electron chi connectivity index (χ4n) is 1.59. The molecular formula is C10H18F3Zr. The molecule has 0 spiro atoms. The molecule has 1 aliphatic rings. The van der Waals surface area contributed by atoms with Gasteiger partial charge in [0.1, 0.15) is 0 Å². The zero-order valence-corrected chi connectivity index (χ0v) is 11.7. The van der Waals surface area contributed by atoms with Crippen LogP contribution < -0.4 is 0 Å². The van der Waals surface area contributed by atoms with Crippen molar-refractivity contribution in [1.82, 2.24) is 0 Å². The van der Waals surface area contributed by atoms with Crippen molar-refractivity contribution in [2.75, 3.05) is 0 Å². The first-order valence-electron chi connectivity index (χ1n) is 4.00. The van der Waals surface area contributed by atoms with Crippen LogP contribution >= 0.6 is 0 Å². The van der Waals surface area contributed by atoms with Crippen LogP contribution in [0.5, 0.6) is 0 Å². The Hall–Kier alpha value is 0.153. The standard InChI is InChI=1S/C10H15.3FH.Zr/c1-7-6-10(4,5)9(3)8(7)2;;;;/h1-5H3;3*1H;. The molecule has 0 N–H and O–H groups in total. The molecule has 1 aliphatic carbocycles. The molecule has 0 fully saturated rings. The van der Waals surface area contributed by atoms with Crippen LogP contribution in [0.1, 0.15) is 34.6 Å². The van der Waals surface area contributed by atoms with Gasteiger partial charge in [0.25, 0.3) is 0 Å². The molecule has 0 aromatic rings. The van der Waals surface area contributed by atoms with E-state index in [2.05, 4.69) is 34.6 Å². The summed E-state index contributed by atoms with van der Waals surface area (Å²) in [6, 6.07) is 0. The van der Waals surface area contributed by atoms with E-state index in [1.165, 1.54) is 11.1 Å². The molecule has 0 aliphatic heterocycles. The van der Waals surface area contributed by atoms with E-state index in [9.17, 15) is 0 Å². The van der Waals surface area contributed by atoms with Crippen molar-refractivity contribution in [3.8, 4) is 0 Å². The average molecular weight is 286 g/mol. The predicted molar refractivity (Wildman–Crippen MR) is 52.4 cm³/mol. The summed E-state index contributed by atoms with van der Waals surface area (Å²) >= 11 is 1.57. The summed E-state index contributed by atoms with van der Waals surface area (Å²) in [6.07, 6.45) is 0. The molecule has 0 nitrogen and oxygen atoms in total. The van der Waals surface area contributed by atoms with Crippen molar-refractivity contribution < 1.29 is 38.8 Å². The summed E-state index contributed by atoms with van der Waals surface area (Å²) in [5.74, 6) is 0. The zero-order chi connectivity index (χ0) is 8.81. The number of hydrogen-bond acceptors (Lipinski definition) is 0. The van der Waals surface area contributed by atoms with E-state index >= 15 is 0 Å². The molecule has 1 rings (SSSR count). The maximum Gasteiger partial charge on any atom is -0.269 e. The van der Waals surface area contributed by atoms with Crippen LogP contribution in [0.15, 0.2) is 20.0 Å². The molecule has 0 aromatic carbocycles. The van der Waals surface area contributed by atoms with Gasteiger partial charge in [-0.15, -0.1) is 0 Å². The smallest absolute Gasteiger partial charge is 0.269 e. The predicted octanol–water partition coefficient (Wildman–Crippen LogP) is 3.64. The summed E-state index contributed by atoms with van der Waals surface area (Å²) in [5.41, 5.74) is 4.96. The Labute approximate surface area is 98.8 Å². The second-order valence-electron chi connectivity index (χ2n) is 3.88. The molecule has 0 bridgehead atoms. The van der Waals surface area contributed by atoms with Crippen LogP contribution in [0.3, 0.4) is 0 Å². The molecule has 14 heavy (non-hydrogen) atoms. The van der Waals surface area contributed by atoms with Crippen LogP contribution in [0, 0.1) is 5.41 Å². The minimum atomic E-state index is 0. The van der Waals surface area contributed by atoms with Gasteiger partial charge in [-0.1, -0.05) is 0 Å². The molecule has 0 aromatic heterocycles. The van der Waals surface area contributed by atoms with Gasteiger partial charge in [-0.05, 0) is 0 Å². The van der Waals surface area contributed by atoms with Gasteiger partial charge >= 0.3 is 84.8 Å². The van der Waals surface area contributed by atoms with Crippen LogP contribution in [0.25, 0.3) is 0 Å². The molecule has 0 heterocycles. The Balaban J connectivity index is -0.000000403. The Morgan fingerprint density at radius 1 is 0.857 bits per heavy atom. The minimum Gasteiger partial charge on any atom is -0.269 e. The normalized spacial score (nSPS) is 18.3. The zero-order valence-electron chi connectivity index (χ0n) is 9.22. The largest absolute Gasteiger partial charge is 0.269 e. The van der Waals surface area contributed by atoms with Gasteiger partial charge < -0.3 is 0 Å². The van der Waals surface area contributed by atoms with Crippen molar-refractivity contribution in [2.45, 2.75) is 34.6 Å². The molecule has 0 radical (unpaired) electrons. The maximum absolute atomic E-state index is 2.33. The fourth-order valence-corrected chi connectivity index (χ4v) is 2.52. The van der Waals surface area contributed by atoms with E-state index in [0.29, 0.717) is 5.41 Å². The average Bonchev–Trinajstić information content (AvgIpc) is 2.06. The quantitative estimate of drug-likeness (QED) is 0.638. The summed E-state index contributed by atoms with van der Waals surface area (Å²) in [5, 5.41) is 0. The van der Waals surface area contributed by atoms with Crippen molar-refractivity contribution in [3.63, 3.8) is 0 Å². The Bertz CT molecular complexity index is 239. The third-order valence-corrected chi connectivity index (χ3v) is 5.52. The summed E-state index contributed by atoms with van der Waals surface area (Å²) in [6.45, 7) is 11.4. The third kappa shape index (κ3) is 2.59. The van der Waals surface area contributed by atoms with Gasteiger partial charge in [0.15, 0.2) is 0 Å². The van der Waals surface area contributed by atoms with Crippen molar-refractivity contribution in [2.24, 2.45) is 5.41 Å². The van der Waals surface area contributed by atoms with Crippen LogP contribution in [-0.4, -0.2) is 0 Å². The maximum atomic E-state index is 2.33. The van der Waals surface area contributed by atoms with E-state index in [4.69, 9.17) is 0 Å². The molecule has 0 saturated carbocycles. The van der Waals surface area contributed by atoms with E-state index in [-0.39, 0.29) is 14.1 Å². The molecule has 83 valence electrons. The number of allylic oxidation sites excluding steroid dienone is 4. The van der Waals surface area contributed by atoms with Gasteiger partial charge in [0.05, 0.1) is 0 Å². The van der Waals surface area contributed by atoms with Gasteiger partial charge in [-0.3, -0.25) is 14.1 Å². The van der Waals surface area contributed by atoms with E-state index in [1.54, 1.807) is 33.6 Å². The second-order valence-corrected chi connectivity index (χ2v) is 5.10. The monoisotopic (exact) mass is 285 g/mol. The first-order chi connectivity index (χ1) is 4.89. The summed E-state index contributed by atoms with van der Waals surface area (Å²) in [7, 11) is 0. The molecule has 0 saturated heterocycles. The summed E-state index contributed by atoms with van der Waals surface area (Å²) in [4.78, 5) is 0. The third-order valence-electron chi connectivity index (χ3n) is 3.06. The van der Waals surface area contributed by atoms with Crippen LogP contribution in [-0.2, 0) is 24.7 Å². The van der Waals surface area contributed by atoms with Crippen LogP contribution in [0.4, 0.5) is 14.1 Å². The van der Waals surface area contributed by atoms with Crippen molar-refractivity contribution >= 4 is 0 Å². The molecule has 0 amide bonds. The van der Waals surface area contributed by atoms with Gasteiger partial charge in [0, 0.05) is 0 Å². The van der Waals surface area contributed by atoms with Gasteiger partial charge in [0.2, 0.25) is 0 Å². The summed E-state index contributed by atoms with van der Waals surface area (Å²) < 4.78 is 1.62. The topological polar surface area (TPSA) is 0 Å². The first kappa shape index (κ1) is 19.7. The second kappa shape index (κ2) is 5.90. The van der Waals surface area contributed by atoms with E-state index in [1.807, 2.05) is 0 Å². The Morgan fingerprint density at radius 3 is 1.29 bits per heavy atom. The van der Waals surface area contributed by atoms with Crippen LogP contribution in [0.2, 0.25) is 0 Å². The number of halogens is 3.